The zero-order valence-electron chi connectivity index (χ0n) is 16.3. The molecule has 148 valence electrons. The number of para-hydroxylation sites is 3. The quantitative estimate of drug-likeness (QED) is 0.633. The van der Waals surface area contributed by atoms with Gasteiger partial charge in [-0.3, -0.25) is 14.6 Å². The first kappa shape index (κ1) is 18.1. The van der Waals surface area contributed by atoms with Crippen molar-refractivity contribution in [3.63, 3.8) is 0 Å². The Bertz CT molecular complexity index is 1140. The van der Waals surface area contributed by atoms with Gasteiger partial charge < -0.3 is 4.74 Å². The zero-order chi connectivity index (χ0) is 20.7. The highest BCUT2D eigenvalue weighted by Crippen LogP contribution is 2.41. The van der Waals surface area contributed by atoms with Gasteiger partial charge in [0.2, 0.25) is 5.91 Å². The average molecular weight is 397 g/mol. The van der Waals surface area contributed by atoms with E-state index in [2.05, 4.69) is 0 Å². The summed E-state index contributed by atoms with van der Waals surface area (Å²) in [6, 6.07) is 25.3. The molecule has 0 aromatic heterocycles. The van der Waals surface area contributed by atoms with Gasteiger partial charge in [0.25, 0.3) is 5.91 Å². The molecule has 5 rings (SSSR count). The van der Waals surface area contributed by atoms with Crippen molar-refractivity contribution in [2.24, 2.45) is 11.0 Å². The molecule has 0 N–H and O–H groups in total. The molecule has 1 saturated heterocycles. The van der Waals surface area contributed by atoms with Crippen molar-refractivity contribution < 1.29 is 14.3 Å². The number of amides is 2. The maximum absolute atomic E-state index is 13.6. The summed E-state index contributed by atoms with van der Waals surface area (Å²) in [6.45, 7) is 0. The molecule has 6 heteroatoms. The van der Waals surface area contributed by atoms with E-state index < -0.39 is 12.0 Å². The molecule has 30 heavy (non-hydrogen) atoms. The Morgan fingerprint density at radius 2 is 1.43 bits per heavy atom. The van der Waals surface area contributed by atoms with Gasteiger partial charge >= 0.3 is 0 Å². The largest absolute Gasteiger partial charge is 0.495 e. The van der Waals surface area contributed by atoms with Crippen molar-refractivity contribution in [1.82, 2.24) is 0 Å². The highest BCUT2D eigenvalue weighted by atomic mass is 16.5. The topological polar surface area (TPSA) is 62.2 Å². The molecule has 2 atom stereocenters. The van der Waals surface area contributed by atoms with E-state index in [0.29, 0.717) is 17.1 Å². The Labute approximate surface area is 174 Å². The molecule has 0 saturated carbocycles. The minimum absolute atomic E-state index is 0.296. The first-order valence-electron chi connectivity index (χ1n) is 9.69. The molecule has 6 nitrogen and oxygen atoms in total. The second-order valence-corrected chi connectivity index (χ2v) is 7.14. The summed E-state index contributed by atoms with van der Waals surface area (Å²) in [4.78, 5) is 28.4. The summed E-state index contributed by atoms with van der Waals surface area (Å²) in [5.74, 6) is -0.822. The summed E-state index contributed by atoms with van der Waals surface area (Å²) in [7, 11) is 1.53. The maximum atomic E-state index is 13.6. The van der Waals surface area contributed by atoms with Crippen molar-refractivity contribution in [3.8, 4) is 5.75 Å². The van der Waals surface area contributed by atoms with Crippen LogP contribution in [0.4, 0.5) is 11.4 Å². The van der Waals surface area contributed by atoms with Crippen LogP contribution in [0.1, 0.15) is 5.56 Å². The molecule has 2 aliphatic rings. The smallest absolute Gasteiger partial charge is 0.260 e. The minimum atomic E-state index is -0.736. The van der Waals surface area contributed by atoms with Gasteiger partial charge in [-0.1, -0.05) is 60.7 Å². The normalized spacial score (nSPS) is 20.4. The number of rotatable bonds is 4. The lowest BCUT2D eigenvalue weighted by Gasteiger charge is -2.22. The van der Waals surface area contributed by atoms with Crippen LogP contribution in [0.25, 0.3) is 0 Å². The fourth-order valence-electron chi connectivity index (χ4n) is 4.11. The molecule has 2 amide bonds. The van der Waals surface area contributed by atoms with Crippen molar-refractivity contribution in [3.05, 3.63) is 90.5 Å². The minimum Gasteiger partial charge on any atom is -0.495 e. The average Bonchev–Trinajstić information content (AvgIpc) is 3.32. The zero-order valence-corrected chi connectivity index (χ0v) is 16.3. The summed E-state index contributed by atoms with van der Waals surface area (Å²) in [6.07, 6.45) is 0. The third-order valence-corrected chi connectivity index (χ3v) is 5.47. The summed E-state index contributed by atoms with van der Waals surface area (Å²) < 4.78 is 5.41. The first-order valence-corrected chi connectivity index (χ1v) is 9.69. The van der Waals surface area contributed by atoms with Crippen LogP contribution in [0.5, 0.6) is 5.75 Å². The van der Waals surface area contributed by atoms with Crippen LogP contribution in [-0.2, 0) is 9.59 Å². The second kappa shape index (κ2) is 7.15. The highest BCUT2D eigenvalue weighted by molar-refractivity contribution is 6.34. The highest BCUT2D eigenvalue weighted by Gasteiger charge is 2.57. The van der Waals surface area contributed by atoms with Crippen molar-refractivity contribution in [2.45, 2.75) is 6.04 Å². The number of hydrogen-bond donors (Lipinski definition) is 0. The van der Waals surface area contributed by atoms with E-state index >= 15 is 0 Å². The van der Waals surface area contributed by atoms with Crippen LogP contribution >= 0.6 is 0 Å². The van der Waals surface area contributed by atoms with Gasteiger partial charge in [-0.2, -0.15) is 5.10 Å². The number of carbonyl (C=O) groups excluding carboxylic acids is 2. The Kier molecular flexibility index (Phi) is 4.32. The number of benzene rings is 3. The molecular formula is C24H19N3O3. The number of imide groups is 1. The summed E-state index contributed by atoms with van der Waals surface area (Å²) in [5.41, 5.74) is 2.64. The molecular weight excluding hydrogens is 378 g/mol. The molecule has 1 fully saturated rings. The van der Waals surface area contributed by atoms with E-state index in [4.69, 9.17) is 9.84 Å². The molecule has 0 radical (unpaired) electrons. The molecule has 3 aromatic rings. The fraction of sp³-hybridized carbons (Fsp3) is 0.125. The Hall–Kier alpha value is -3.93. The predicted molar refractivity (Wildman–Crippen MR) is 115 cm³/mol. The van der Waals surface area contributed by atoms with E-state index in [9.17, 15) is 9.59 Å². The SMILES string of the molecule is COc1ccccc1N1C(=O)C2C(c3ccccc3)=NN(c3ccccc3)C2C1=O. The van der Waals surface area contributed by atoms with Crippen LogP contribution in [0, 0.1) is 5.92 Å². The number of nitrogens with zero attached hydrogens (tertiary/aromatic N) is 3. The van der Waals surface area contributed by atoms with E-state index in [1.54, 1.807) is 29.3 Å². The van der Waals surface area contributed by atoms with Crippen LogP contribution in [-0.4, -0.2) is 30.7 Å². The standard InChI is InChI=1S/C24H19N3O3/c1-30-19-15-9-8-14-18(19)26-23(28)20-21(16-10-4-2-5-11-16)25-27(22(20)24(26)29)17-12-6-3-7-13-17/h2-15,20,22H,1H3. The molecule has 0 spiro atoms. The van der Waals surface area contributed by atoms with Crippen molar-refractivity contribution >= 4 is 28.9 Å². The number of anilines is 2. The lowest BCUT2D eigenvalue weighted by Crippen LogP contribution is -2.39. The van der Waals surface area contributed by atoms with E-state index in [1.165, 1.54) is 12.0 Å². The molecule has 2 heterocycles. The lowest BCUT2D eigenvalue weighted by atomic mass is 9.93. The van der Waals surface area contributed by atoms with Gasteiger partial charge in [0.15, 0.2) is 0 Å². The van der Waals surface area contributed by atoms with Crippen molar-refractivity contribution in [2.75, 3.05) is 17.0 Å². The summed E-state index contributed by atoms with van der Waals surface area (Å²) in [5, 5.41) is 6.40. The van der Waals surface area contributed by atoms with Gasteiger partial charge in [-0.15, -0.1) is 0 Å². The van der Waals surface area contributed by atoms with Gasteiger partial charge in [0.05, 0.1) is 24.2 Å². The first-order chi connectivity index (χ1) is 14.7. The van der Waals surface area contributed by atoms with Crippen LogP contribution < -0.4 is 14.6 Å². The number of ether oxygens (including phenoxy) is 1. The lowest BCUT2D eigenvalue weighted by molar-refractivity contribution is -0.121. The molecule has 3 aromatic carbocycles. The number of carbonyl (C=O) groups is 2. The number of hydrogen-bond acceptors (Lipinski definition) is 5. The van der Waals surface area contributed by atoms with Gasteiger partial charge in [-0.25, -0.2) is 4.90 Å². The third kappa shape index (κ3) is 2.69. The van der Waals surface area contributed by atoms with Gasteiger partial charge in [0, 0.05) is 0 Å². The second-order valence-electron chi connectivity index (χ2n) is 7.14. The predicted octanol–water partition coefficient (Wildman–Crippen LogP) is 3.48. The number of hydrazone groups is 1. The molecule has 0 aliphatic carbocycles. The maximum Gasteiger partial charge on any atom is 0.260 e. The molecule has 0 bridgehead atoms. The van der Waals surface area contributed by atoms with Crippen LogP contribution in [0.15, 0.2) is 90.0 Å². The van der Waals surface area contributed by atoms with E-state index in [1.807, 2.05) is 60.7 Å². The van der Waals surface area contributed by atoms with E-state index in [-0.39, 0.29) is 11.8 Å². The number of fused-ring (bicyclic) bond motifs is 1. The Balaban J connectivity index is 1.65. The monoisotopic (exact) mass is 397 g/mol. The third-order valence-electron chi connectivity index (χ3n) is 5.47. The van der Waals surface area contributed by atoms with Crippen molar-refractivity contribution in [1.29, 1.82) is 0 Å². The van der Waals surface area contributed by atoms with Crippen LogP contribution in [0.2, 0.25) is 0 Å². The van der Waals surface area contributed by atoms with E-state index in [0.717, 1.165) is 11.3 Å². The van der Waals surface area contributed by atoms with Crippen LogP contribution in [0.3, 0.4) is 0 Å². The van der Waals surface area contributed by atoms with Gasteiger partial charge in [0.1, 0.15) is 17.7 Å². The Morgan fingerprint density at radius 1 is 0.800 bits per heavy atom. The summed E-state index contributed by atoms with van der Waals surface area (Å²) >= 11 is 0. The molecule has 2 aliphatic heterocycles. The van der Waals surface area contributed by atoms with Gasteiger partial charge in [-0.05, 0) is 29.8 Å². The number of methoxy groups -OCH3 is 1. The molecule has 2 unspecified atom stereocenters. The fourth-order valence-corrected chi connectivity index (χ4v) is 4.11. The Morgan fingerprint density at radius 3 is 2.13 bits per heavy atom.